The third kappa shape index (κ3) is 2.95. The summed E-state index contributed by atoms with van der Waals surface area (Å²) in [5.41, 5.74) is 0.502. The van der Waals surface area contributed by atoms with Crippen LogP contribution in [0, 0.1) is 5.82 Å². The van der Waals surface area contributed by atoms with Crippen molar-refractivity contribution in [2.24, 2.45) is 0 Å². The van der Waals surface area contributed by atoms with Crippen LogP contribution in [-0.2, 0) is 0 Å². The normalized spacial score (nSPS) is 12.5. The first-order chi connectivity index (χ1) is 8.06. The molecule has 1 aromatic heterocycles. The highest BCUT2D eigenvalue weighted by atomic mass is 79.9. The van der Waals surface area contributed by atoms with Crippen LogP contribution in [-0.4, -0.2) is 10.2 Å². The van der Waals surface area contributed by atoms with Crippen molar-refractivity contribution >= 4 is 39.2 Å². The number of anilines is 2. The molecule has 17 heavy (non-hydrogen) atoms. The highest BCUT2D eigenvalue weighted by Crippen LogP contribution is 2.27. The van der Waals surface area contributed by atoms with Gasteiger partial charge in [-0.25, -0.2) is 4.39 Å². The largest absolute Gasteiger partial charge is 0.406 e. The van der Waals surface area contributed by atoms with E-state index in [-0.39, 0.29) is 17.2 Å². The smallest absolute Gasteiger partial charge is 0.320 e. The van der Waals surface area contributed by atoms with Gasteiger partial charge in [-0.2, -0.15) is 0 Å². The van der Waals surface area contributed by atoms with Crippen LogP contribution in [0.1, 0.15) is 18.2 Å². The Morgan fingerprint density at radius 2 is 2.24 bits per heavy atom. The molecule has 4 nitrogen and oxygen atoms in total. The molecular weight excluding hydrogens is 312 g/mol. The number of hydrogen-bond acceptors (Lipinski definition) is 4. The fourth-order valence-corrected chi connectivity index (χ4v) is 1.59. The van der Waals surface area contributed by atoms with Gasteiger partial charge in [-0.1, -0.05) is 5.10 Å². The summed E-state index contributed by atoms with van der Waals surface area (Å²) in [6.45, 7) is 1.72. The summed E-state index contributed by atoms with van der Waals surface area (Å²) in [7, 11) is 0. The predicted octanol–water partition coefficient (Wildman–Crippen LogP) is 4.01. The number of benzene rings is 1. The van der Waals surface area contributed by atoms with E-state index in [1.165, 1.54) is 12.1 Å². The number of nitrogens with one attached hydrogen (secondary N) is 1. The number of rotatable bonds is 3. The zero-order valence-corrected chi connectivity index (χ0v) is 11.1. The highest BCUT2D eigenvalue weighted by molar-refractivity contribution is 9.10. The molecule has 2 aromatic rings. The van der Waals surface area contributed by atoms with Gasteiger partial charge in [0.05, 0.1) is 5.69 Å². The van der Waals surface area contributed by atoms with Crippen molar-refractivity contribution in [2.45, 2.75) is 12.3 Å². The van der Waals surface area contributed by atoms with Crippen LogP contribution in [0.15, 0.2) is 27.1 Å². The fourth-order valence-electron chi connectivity index (χ4n) is 1.15. The Morgan fingerprint density at radius 1 is 1.47 bits per heavy atom. The van der Waals surface area contributed by atoms with Crippen molar-refractivity contribution in [3.05, 3.63) is 34.4 Å². The molecule has 1 atom stereocenters. The molecule has 90 valence electrons. The van der Waals surface area contributed by atoms with Gasteiger partial charge in [-0.05, 0) is 41.1 Å². The Hall–Kier alpha value is -1.14. The Morgan fingerprint density at radius 3 is 2.88 bits per heavy atom. The molecule has 0 saturated heterocycles. The van der Waals surface area contributed by atoms with Crippen molar-refractivity contribution in [2.75, 3.05) is 5.32 Å². The number of hydrogen-bond donors (Lipinski definition) is 1. The molecule has 0 bridgehead atoms. The summed E-state index contributed by atoms with van der Waals surface area (Å²) in [4.78, 5) is 0. The lowest BCUT2D eigenvalue weighted by Gasteiger charge is -2.03. The SMILES string of the molecule is CC(Cl)c1nnc(Nc2cc(F)ccc2Br)o1. The van der Waals surface area contributed by atoms with E-state index >= 15 is 0 Å². The monoisotopic (exact) mass is 319 g/mol. The molecule has 1 heterocycles. The zero-order chi connectivity index (χ0) is 12.4. The summed E-state index contributed by atoms with van der Waals surface area (Å²) >= 11 is 9.06. The molecule has 0 amide bonds. The minimum Gasteiger partial charge on any atom is -0.406 e. The van der Waals surface area contributed by atoms with Gasteiger partial charge in [0.25, 0.3) is 0 Å². The first-order valence-corrected chi connectivity index (χ1v) is 5.99. The molecule has 1 unspecified atom stereocenters. The topological polar surface area (TPSA) is 51.0 Å². The summed E-state index contributed by atoms with van der Waals surface area (Å²) in [6, 6.07) is 4.41. The van der Waals surface area contributed by atoms with E-state index in [2.05, 4.69) is 31.4 Å². The maximum Gasteiger partial charge on any atom is 0.320 e. The molecule has 2 rings (SSSR count). The molecule has 0 aliphatic rings. The molecule has 1 N–H and O–H groups in total. The standard InChI is InChI=1S/C10H8BrClFN3O/c1-5(12)9-15-16-10(17-9)14-8-4-6(13)2-3-7(8)11/h2-5H,1H3,(H,14,16). The second-order valence-electron chi connectivity index (χ2n) is 3.31. The average molecular weight is 321 g/mol. The number of aromatic nitrogens is 2. The molecule has 1 aromatic carbocycles. The molecular formula is C10H8BrClFN3O. The van der Waals surface area contributed by atoms with E-state index in [1.54, 1.807) is 13.0 Å². The second kappa shape index (κ2) is 5.01. The fraction of sp³-hybridized carbons (Fsp3) is 0.200. The van der Waals surface area contributed by atoms with Gasteiger partial charge in [0.1, 0.15) is 11.2 Å². The van der Waals surface area contributed by atoms with Crippen molar-refractivity contribution in [1.29, 1.82) is 0 Å². The lowest BCUT2D eigenvalue weighted by Crippen LogP contribution is -1.92. The summed E-state index contributed by atoms with van der Waals surface area (Å²) < 4.78 is 19.0. The summed E-state index contributed by atoms with van der Waals surface area (Å²) in [6.07, 6.45) is 0. The van der Waals surface area contributed by atoms with Crippen LogP contribution in [0.25, 0.3) is 0 Å². The molecule has 0 radical (unpaired) electrons. The van der Waals surface area contributed by atoms with Gasteiger partial charge in [0, 0.05) is 4.47 Å². The lowest BCUT2D eigenvalue weighted by atomic mass is 10.3. The minimum atomic E-state index is -0.367. The zero-order valence-electron chi connectivity index (χ0n) is 8.75. The van der Waals surface area contributed by atoms with Crippen LogP contribution in [0.2, 0.25) is 0 Å². The van der Waals surface area contributed by atoms with E-state index in [4.69, 9.17) is 16.0 Å². The number of alkyl halides is 1. The van der Waals surface area contributed by atoms with Crippen LogP contribution in [0.4, 0.5) is 16.1 Å². The Kier molecular flexibility index (Phi) is 3.63. The summed E-state index contributed by atoms with van der Waals surface area (Å²) in [5, 5.41) is 9.93. The molecule has 0 aliphatic heterocycles. The molecule has 0 saturated carbocycles. The van der Waals surface area contributed by atoms with Gasteiger partial charge in [0.2, 0.25) is 5.89 Å². The van der Waals surface area contributed by atoms with E-state index < -0.39 is 0 Å². The van der Waals surface area contributed by atoms with Gasteiger partial charge in [0.15, 0.2) is 0 Å². The van der Waals surface area contributed by atoms with E-state index in [0.29, 0.717) is 16.1 Å². The van der Waals surface area contributed by atoms with Gasteiger partial charge >= 0.3 is 6.01 Å². The van der Waals surface area contributed by atoms with Crippen molar-refractivity contribution in [1.82, 2.24) is 10.2 Å². The van der Waals surface area contributed by atoms with Crippen LogP contribution in [0.5, 0.6) is 0 Å². The number of nitrogens with zero attached hydrogens (tertiary/aromatic N) is 2. The van der Waals surface area contributed by atoms with Gasteiger partial charge < -0.3 is 9.73 Å². The van der Waals surface area contributed by atoms with E-state index in [0.717, 1.165) is 0 Å². The Bertz CT molecular complexity index is 532. The lowest BCUT2D eigenvalue weighted by molar-refractivity contribution is 0.509. The third-order valence-electron chi connectivity index (χ3n) is 1.95. The molecule has 0 spiro atoms. The van der Waals surface area contributed by atoms with Crippen molar-refractivity contribution < 1.29 is 8.81 Å². The van der Waals surface area contributed by atoms with E-state index in [9.17, 15) is 4.39 Å². The van der Waals surface area contributed by atoms with Crippen LogP contribution < -0.4 is 5.32 Å². The maximum absolute atomic E-state index is 13.0. The van der Waals surface area contributed by atoms with Crippen molar-refractivity contribution in [3.63, 3.8) is 0 Å². The van der Waals surface area contributed by atoms with Crippen LogP contribution in [0.3, 0.4) is 0 Å². The van der Waals surface area contributed by atoms with Gasteiger partial charge in [-0.3, -0.25) is 0 Å². The minimum absolute atomic E-state index is 0.166. The highest BCUT2D eigenvalue weighted by Gasteiger charge is 2.12. The third-order valence-corrected chi connectivity index (χ3v) is 2.83. The molecule has 7 heteroatoms. The first kappa shape index (κ1) is 12.3. The summed E-state index contributed by atoms with van der Waals surface area (Å²) in [5.74, 6) is -0.0529. The second-order valence-corrected chi connectivity index (χ2v) is 4.82. The van der Waals surface area contributed by atoms with Crippen LogP contribution >= 0.6 is 27.5 Å². The number of halogens is 3. The first-order valence-electron chi connectivity index (χ1n) is 4.76. The van der Waals surface area contributed by atoms with Crippen molar-refractivity contribution in [3.8, 4) is 0 Å². The molecule has 0 fully saturated rings. The quantitative estimate of drug-likeness (QED) is 0.868. The average Bonchev–Trinajstić information content (AvgIpc) is 2.72. The van der Waals surface area contributed by atoms with E-state index in [1.807, 2.05) is 0 Å². The predicted molar refractivity (Wildman–Crippen MR) is 65.9 cm³/mol. The van der Waals surface area contributed by atoms with Gasteiger partial charge in [-0.15, -0.1) is 16.7 Å². The molecule has 0 aliphatic carbocycles. The Labute approximate surface area is 110 Å². The Balaban J connectivity index is 2.22. The maximum atomic E-state index is 13.0.